The largest absolute Gasteiger partial charge is 0.489 e. The van der Waals surface area contributed by atoms with Crippen molar-refractivity contribution in [2.45, 2.75) is 20.1 Å². The highest BCUT2D eigenvalue weighted by Gasteiger charge is 2.10. The van der Waals surface area contributed by atoms with Gasteiger partial charge in [0.25, 0.3) is 0 Å². The standard InChI is InChI=1S/C17H17ClN2O/c1-2-20-10-12(15-4-3-5-16(19)17(15)20)11-21-14-8-6-13(18)7-9-14/h3-10H,2,11,19H2,1H3. The van der Waals surface area contributed by atoms with E-state index in [1.54, 1.807) is 0 Å². The number of anilines is 1. The third kappa shape index (κ3) is 2.69. The van der Waals surface area contributed by atoms with Crippen molar-refractivity contribution < 1.29 is 4.74 Å². The monoisotopic (exact) mass is 300 g/mol. The van der Waals surface area contributed by atoms with Gasteiger partial charge in [-0.3, -0.25) is 0 Å². The lowest BCUT2D eigenvalue weighted by molar-refractivity contribution is 0.307. The molecule has 2 aromatic carbocycles. The molecule has 0 atom stereocenters. The van der Waals surface area contributed by atoms with E-state index in [4.69, 9.17) is 22.1 Å². The average molecular weight is 301 g/mol. The van der Waals surface area contributed by atoms with E-state index in [0.717, 1.165) is 34.4 Å². The normalized spacial score (nSPS) is 11.0. The minimum absolute atomic E-state index is 0.509. The Kier molecular flexibility index (Phi) is 3.76. The molecule has 0 aliphatic heterocycles. The average Bonchev–Trinajstić information content (AvgIpc) is 2.86. The predicted octanol–water partition coefficient (Wildman–Crippen LogP) is 4.48. The Morgan fingerprint density at radius 2 is 1.90 bits per heavy atom. The van der Waals surface area contributed by atoms with Crippen LogP contribution in [0, 0.1) is 0 Å². The van der Waals surface area contributed by atoms with Crippen molar-refractivity contribution >= 4 is 28.2 Å². The molecule has 1 aromatic heterocycles. The van der Waals surface area contributed by atoms with E-state index in [1.165, 1.54) is 0 Å². The van der Waals surface area contributed by atoms with E-state index < -0.39 is 0 Å². The van der Waals surface area contributed by atoms with Gasteiger partial charge in [-0.15, -0.1) is 0 Å². The molecule has 3 nitrogen and oxygen atoms in total. The molecule has 3 rings (SSSR count). The molecule has 108 valence electrons. The number of benzene rings is 2. The van der Waals surface area contributed by atoms with Gasteiger partial charge in [-0.05, 0) is 37.3 Å². The fourth-order valence-corrected chi connectivity index (χ4v) is 2.65. The van der Waals surface area contributed by atoms with Gasteiger partial charge in [0.1, 0.15) is 12.4 Å². The zero-order chi connectivity index (χ0) is 14.8. The molecule has 0 bridgehead atoms. The van der Waals surface area contributed by atoms with E-state index in [2.05, 4.69) is 23.8 Å². The molecular weight excluding hydrogens is 284 g/mol. The van der Waals surface area contributed by atoms with Crippen LogP contribution in [0.25, 0.3) is 10.9 Å². The predicted molar refractivity (Wildman–Crippen MR) is 87.8 cm³/mol. The Hall–Kier alpha value is -2.13. The Bertz CT molecular complexity index is 762. The van der Waals surface area contributed by atoms with Crippen LogP contribution in [0.2, 0.25) is 5.02 Å². The summed E-state index contributed by atoms with van der Waals surface area (Å²) in [6.45, 7) is 3.50. The molecule has 0 fully saturated rings. The lowest BCUT2D eigenvalue weighted by Crippen LogP contribution is -1.95. The maximum absolute atomic E-state index is 6.09. The van der Waals surface area contributed by atoms with Crippen LogP contribution >= 0.6 is 11.6 Å². The maximum Gasteiger partial charge on any atom is 0.119 e. The minimum atomic E-state index is 0.509. The topological polar surface area (TPSA) is 40.2 Å². The number of ether oxygens (including phenoxy) is 1. The Labute approximate surface area is 128 Å². The van der Waals surface area contributed by atoms with Gasteiger partial charge < -0.3 is 15.0 Å². The summed E-state index contributed by atoms with van der Waals surface area (Å²) >= 11 is 5.87. The van der Waals surface area contributed by atoms with Crippen LogP contribution in [0.1, 0.15) is 12.5 Å². The number of nitrogen functional groups attached to an aromatic ring is 1. The molecule has 0 saturated carbocycles. The number of aromatic nitrogens is 1. The van der Waals surface area contributed by atoms with Crippen LogP contribution in [-0.4, -0.2) is 4.57 Å². The van der Waals surface area contributed by atoms with Gasteiger partial charge in [0.2, 0.25) is 0 Å². The molecule has 0 unspecified atom stereocenters. The highest BCUT2D eigenvalue weighted by atomic mass is 35.5. The molecule has 21 heavy (non-hydrogen) atoms. The summed E-state index contributed by atoms with van der Waals surface area (Å²) in [7, 11) is 0. The van der Waals surface area contributed by atoms with Crippen LogP contribution in [0.4, 0.5) is 5.69 Å². The van der Waals surface area contributed by atoms with Crippen molar-refractivity contribution in [1.82, 2.24) is 4.57 Å². The first-order chi connectivity index (χ1) is 10.2. The number of hydrogen-bond donors (Lipinski definition) is 1. The van der Waals surface area contributed by atoms with Gasteiger partial charge in [0.05, 0.1) is 11.2 Å². The first-order valence-electron chi connectivity index (χ1n) is 6.93. The van der Waals surface area contributed by atoms with Gasteiger partial charge in [-0.2, -0.15) is 0 Å². The summed E-state index contributed by atoms with van der Waals surface area (Å²) in [6, 6.07) is 13.4. The van der Waals surface area contributed by atoms with Crippen molar-refractivity contribution in [3.63, 3.8) is 0 Å². The van der Waals surface area contributed by atoms with Crippen LogP contribution in [0.15, 0.2) is 48.7 Å². The Morgan fingerprint density at radius 3 is 2.62 bits per heavy atom. The third-order valence-corrected chi connectivity index (χ3v) is 3.81. The quantitative estimate of drug-likeness (QED) is 0.722. The van der Waals surface area contributed by atoms with Gasteiger partial charge in [-0.25, -0.2) is 0 Å². The summed E-state index contributed by atoms with van der Waals surface area (Å²) in [6.07, 6.45) is 2.11. The molecule has 2 N–H and O–H groups in total. The summed E-state index contributed by atoms with van der Waals surface area (Å²) in [5.74, 6) is 0.806. The van der Waals surface area contributed by atoms with E-state index in [-0.39, 0.29) is 0 Å². The molecule has 0 spiro atoms. The van der Waals surface area contributed by atoms with Crippen LogP contribution in [0.5, 0.6) is 5.75 Å². The fraction of sp³-hybridized carbons (Fsp3) is 0.176. The van der Waals surface area contributed by atoms with Crippen molar-refractivity contribution in [3.05, 3.63) is 59.2 Å². The molecule has 0 aliphatic carbocycles. The first kappa shape index (κ1) is 13.8. The molecule has 1 heterocycles. The molecular formula is C17H17ClN2O. The summed E-state index contributed by atoms with van der Waals surface area (Å²) in [5.41, 5.74) is 9.10. The zero-order valence-corrected chi connectivity index (χ0v) is 12.6. The van der Waals surface area contributed by atoms with Gasteiger partial charge in [0, 0.05) is 28.7 Å². The van der Waals surface area contributed by atoms with E-state index >= 15 is 0 Å². The molecule has 3 aromatic rings. The smallest absolute Gasteiger partial charge is 0.119 e. The van der Waals surface area contributed by atoms with Crippen molar-refractivity contribution in [1.29, 1.82) is 0 Å². The molecule has 0 saturated heterocycles. The van der Waals surface area contributed by atoms with Crippen molar-refractivity contribution in [2.75, 3.05) is 5.73 Å². The zero-order valence-electron chi connectivity index (χ0n) is 11.8. The summed E-state index contributed by atoms with van der Waals surface area (Å²) in [5, 5.41) is 1.85. The second-order valence-electron chi connectivity index (χ2n) is 4.93. The minimum Gasteiger partial charge on any atom is -0.489 e. The first-order valence-corrected chi connectivity index (χ1v) is 7.31. The summed E-state index contributed by atoms with van der Waals surface area (Å²) in [4.78, 5) is 0. The number of para-hydroxylation sites is 1. The van der Waals surface area contributed by atoms with Crippen LogP contribution < -0.4 is 10.5 Å². The van der Waals surface area contributed by atoms with E-state index in [9.17, 15) is 0 Å². The number of rotatable bonds is 4. The highest BCUT2D eigenvalue weighted by Crippen LogP contribution is 2.27. The second kappa shape index (κ2) is 5.70. The summed E-state index contributed by atoms with van der Waals surface area (Å²) < 4.78 is 8.00. The van der Waals surface area contributed by atoms with E-state index in [0.29, 0.717) is 11.6 Å². The number of halogens is 1. The van der Waals surface area contributed by atoms with Gasteiger partial charge in [-0.1, -0.05) is 23.7 Å². The Balaban J connectivity index is 1.90. The number of nitrogens with two attached hydrogens (primary N) is 1. The van der Waals surface area contributed by atoms with Gasteiger partial charge in [0.15, 0.2) is 0 Å². The molecule has 0 aliphatic rings. The van der Waals surface area contributed by atoms with Crippen LogP contribution in [0.3, 0.4) is 0 Å². The lowest BCUT2D eigenvalue weighted by atomic mass is 10.1. The molecule has 4 heteroatoms. The van der Waals surface area contributed by atoms with E-state index in [1.807, 2.05) is 36.4 Å². The SMILES string of the molecule is CCn1cc(COc2ccc(Cl)cc2)c2cccc(N)c21. The molecule has 0 amide bonds. The number of aryl methyl sites for hydroxylation is 1. The number of hydrogen-bond acceptors (Lipinski definition) is 2. The Morgan fingerprint density at radius 1 is 1.14 bits per heavy atom. The van der Waals surface area contributed by atoms with Crippen molar-refractivity contribution in [2.24, 2.45) is 0 Å². The lowest BCUT2D eigenvalue weighted by Gasteiger charge is -2.05. The third-order valence-electron chi connectivity index (χ3n) is 3.56. The van der Waals surface area contributed by atoms with Gasteiger partial charge >= 0.3 is 0 Å². The second-order valence-corrected chi connectivity index (χ2v) is 5.36. The molecule has 0 radical (unpaired) electrons. The highest BCUT2D eigenvalue weighted by molar-refractivity contribution is 6.30. The fourth-order valence-electron chi connectivity index (χ4n) is 2.52. The number of fused-ring (bicyclic) bond motifs is 1. The maximum atomic E-state index is 6.09. The van der Waals surface area contributed by atoms with Crippen molar-refractivity contribution in [3.8, 4) is 5.75 Å². The number of nitrogens with zero attached hydrogens (tertiary/aromatic N) is 1. The van der Waals surface area contributed by atoms with Crippen LogP contribution in [-0.2, 0) is 13.2 Å².